The van der Waals surface area contributed by atoms with Crippen molar-refractivity contribution in [3.8, 4) is 11.5 Å². The second kappa shape index (κ2) is 10.8. The van der Waals surface area contributed by atoms with Gasteiger partial charge < -0.3 is 8.92 Å². The van der Waals surface area contributed by atoms with E-state index in [1.807, 2.05) is 53.8 Å². The van der Waals surface area contributed by atoms with Gasteiger partial charge in [-0.15, -0.1) is 0 Å². The fourth-order valence-corrected chi connectivity index (χ4v) is 6.13. The average molecular weight is 656 g/mol. The first kappa shape index (κ1) is 26.5. The van der Waals surface area contributed by atoms with Crippen molar-refractivity contribution in [1.82, 2.24) is 4.90 Å². The van der Waals surface area contributed by atoms with E-state index in [-0.39, 0.29) is 33.1 Å². The van der Waals surface area contributed by atoms with Crippen molar-refractivity contribution in [2.45, 2.75) is 18.4 Å². The number of hydrogen-bond acceptors (Lipinski definition) is 7. The molecule has 11 heteroatoms. The maximum absolute atomic E-state index is 12.9. The summed E-state index contributed by atoms with van der Waals surface area (Å²) in [7, 11) is -2.76. The molecule has 3 aromatic carbocycles. The molecule has 4 rings (SSSR count). The van der Waals surface area contributed by atoms with Gasteiger partial charge in [0.1, 0.15) is 4.90 Å². The van der Waals surface area contributed by atoms with E-state index in [0.717, 1.165) is 22.9 Å². The number of aryl methyl sites for hydroxylation is 1. The van der Waals surface area contributed by atoms with E-state index < -0.39 is 16.0 Å². The first-order chi connectivity index (χ1) is 17.1. The van der Waals surface area contributed by atoms with Crippen LogP contribution in [0.3, 0.4) is 0 Å². The SMILES string of the molecule is COc1cc(/C=C2\SC(=O)N(Cc3ccc(C)cc3)C2=O)cc(I)c1OS(=O)(=O)c1ccc(Cl)cc1. The van der Waals surface area contributed by atoms with Crippen molar-refractivity contribution in [3.05, 3.63) is 90.9 Å². The van der Waals surface area contributed by atoms with Gasteiger partial charge in [0.05, 0.1) is 22.1 Å². The molecule has 0 radical (unpaired) electrons. The van der Waals surface area contributed by atoms with Crippen molar-refractivity contribution in [2.75, 3.05) is 7.11 Å². The van der Waals surface area contributed by atoms with Gasteiger partial charge in [-0.1, -0.05) is 41.4 Å². The molecular formula is C25H19ClINO6S2. The quantitative estimate of drug-likeness (QED) is 0.169. The molecule has 0 N–H and O–H groups in total. The van der Waals surface area contributed by atoms with Gasteiger partial charge in [0.25, 0.3) is 11.1 Å². The van der Waals surface area contributed by atoms with E-state index in [0.29, 0.717) is 14.2 Å². The van der Waals surface area contributed by atoms with Crippen molar-refractivity contribution < 1.29 is 26.9 Å². The van der Waals surface area contributed by atoms with Crippen LogP contribution in [0.4, 0.5) is 4.79 Å². The molecule has 1 aliphatic rings. The molecule has 36 heavy (non-hydrogen) atoms. The molecule has 0 spiro atoms. The summed E-state index contributed by atoms with van der Waals surface area (Å²) in [5.74, 6) is -0.229. The van der Waals surface area contributed by atoms with E-state index in [1.165, 1.54) is 36.3 Å². The molecule has 0 unspecified atom stereocenters. The number of carbonyl (C=O) groups is 2. The van der Waals surface area contributed by atoms with Crippen LogP contribution in [0.5, 0.6) is 11.5 Å². The van der Waals surface area contributed by atoms with Crippen molar-refractivity contribution in [3.63, 3.8) is 0 Å². The molecule has 1 saturated heterocycles. The highest BCUT2D eigenvalue weighted by Gasteiger charge is 2.35. The number of thioether (sulfide) groups is 1. The van der Waals surface area contributed by atoms with Gasteiger partial charge in [-0.05, 0) is 94.9 Å². The Kier molecular flexibility index (Phi) is 7.98. The van der Waals surface area contributed by atoms with E-state index in [9.17, 15) is 18.0 Å². The molecule has 0 bridgehead atoms. The van der Waals surface area contributed by atoms with Crippen molar-refractivity contribution >= 4 is 73.3 Å². The minimum Gasteiger partial charge on any atom is -0.493 e. The number of halogens is 2. The predicted octanol–water partition coefficient (Wildman–Crippen LogP) is 6.27. The standard InChI is InChI=1S/C25H19ClINO6S2/c1-15-3-5-16(6-4-15)14-28-24(29)22(35-25(28)30)13-17-11-20(27)23(21(12-17)33-2)34-36(31,32)19-9-7-18(26)8-10-19/h3-13H,14H2,1-2H3/b22-13-. The third kappa shape index (κ3) is 5.88. The Balaban J connectivity index is 1.59. The third-order valence-corrected chi connectivity index (χ3v) is 8.38. The van der Waals surface area contributed by atoms with Gasteiger partial charge in [0.2, 0.25) is 0 Å². The van der Waals surface area contributed by atoms with Crippen LogP contribution in [0.15, 0.2) is 70.5 Å². The maximum Gasteiger partial charge on any atom is 0.339 e. The first-order valence-corrected chi connectivity index (χ1v) is 14.1. The molecule has 186 valence electrons. The van der Waals surface area contributed by atoms with Crippen LogP contribution in [0.2, 0.25) is 5.02 Å². The molecule has 1 heterocycles. The Hall–Kier alpha value is -2.54. The Morgan fingerprint density at radius 2 is 1.72 bits per heavy atom. The second-order valence-electron chi connectivity index (χ2n) is 7.78. The summed E-state index contributed by atoms with van der Waals surface area (Å²) in [6.07, 6.45) is 1.57. The van der Waals surface area contributed by atoms with Gasteiger partial charge in [-0.25, -0.2) is 0 Å². The number of amides is 2. The Bertz CT molecular complexity index is 1470. The number of carbonyl (C=O) groups excluding carboxylic acids is 2. The van der Waals surface area contributed by atoms with Gasteiger partial charge in [-0.3, -0.25) is 14.5 Å². The smallest absolute Gasteiger partial charge is 0.339 e. The number of imide groups is 1. The normalized spacial score (nSPS) is 15.0. The van der Waals surface area contributed by atoms with E-state index in [4.69, 9.17) is 20.5 Å². The zero-order valence-corrected chi connectivity index (χ0v) is 23.6. The van der Waals surface area contributed by atoms with Gasteiger partial charge in [0, 0.05) is 5.02 Å². The topological polar surface area (TPSA) is 90.0 Å². The minimum absolute atomic E-state index is 0.0117. The van der Waals surface area contributed by atoms with E-state index in [2.05, 4.69) is 0 Å². The maximum atomic E-state index is 12.9. The number of nitrogens with zero attached hydrogens (tertiary/aromatic N) is 1. The van der Waals surface area contributed by atoms with Crippen molar-refractivity contribution in [1.29, 1.82) is 0 Å². The van der Waals surface area contributed by atoms with Crippen LogP contribution in [0.25, 0.3) is 6.08 Å². The van der Waals surface area contributed by atoms with Crippen molar-refractivity contribution in [2.24, 2.45) is 0 Å². The summed E-state index contributed by atoms with van der Waals surface area (Å²) in [6.45, 7) is 2.14. The molecule has 7 nitrogen and oxygen atoms in total. The van der Waals surface area contributed by atoms with Crippen LogP contribution in [-0.2, 0) is 21.5 Å². The fraction of sp³-hybridized carbons (Fsp3) is 0.120. The second-order valence-corrected chi connectivity index (χ2v) is 11.9. The molecule has 1 aliphatic heterocycles. The molecular weight excluding hydrogens is 637 g/mol. The molecule has 0 aromatic heterocycles. The summed E-state index contributed by atoms with van der Waals surface area (Å²) < 4.78 is 36.7. The molecule has 0 atom stereocenters. The highest BCUT2D eigenvalue weighted by Crippen LogP contribution is 2.39. The average Bonchev–Trinajstić information content (AvgIpc) is 3.09. The zero-order chi connectivity index (χ0) is 26.0. The Labute approximate surface area is 231 Å². The predicted molar refractivity (Wildman–Crippen MR) is 148 cm³/mol. The highest BCUT2D eigenvalue weighted by atomic mass is 127. The lowest BCUT2D eigenvalue weighted by atomic mass is 10.1. The molecule has 0 aliphatic carbocycles. The molecule has 1 fully saturated rings. The Morgan fingerprint density at radius 1 is 1.06 bits per heavy atom. The summed E-state index contributed by atoms with van der Waals surface area (Å²) >= 11 is 8.62. The lowest BCUT2D eigenvalue weighted by Gasteiger charge is -2.14. The number of ether oxygens (including phenoxy) is 1. The number of hydrogen-bond donors (Lipinski definition) is 0. The lowest BCUT2D eigenvalue weighted by Crippen LogP contribution is -2.27. The van der Waals surface area contributed by atoms with Crippen LogP contribution >= 0.6 is 46.0 Å². The number of benzene rings is 3. The fourth-order valence-electron chi connectivity index (χ4n) is 3.33. The lowest BCUT2D eigenvalue weighted by molar-refractivity contribution is -0.123. The summed E-state index contributed by atoms with van der Waals surface area (Å²) in [6, 6.07) is 16.4. The van der Waals surface area contributed by atoms with Gasteiger partial charge >= 0.3 is 10.1 Å². The summed E-state index contributed by atoms with van der Waals surface area (Å²) in [4.78, 5) is 26.8. The van der Waals surface area contributed by atoms with Crippen LogP contribution in [0, 0.1) is 10.5 Å². The van der Waals surface area contributed by atoms with E-state index >= 15 is 0 Å². The van der Waals surface area contributed by atoms with Gasteiger partial charge in [-0.2, -0.15) is 8.42 Å². The monoisotopic (exact) mass is 655 g/mol. The third-order valence-electron chi connectivity index (χ3n) is 5.18. The molecule has 0 saturated carbocycles. The number of methoxy groups -OCH3 is 1. The minimum atomic E-state index is -4.14. The molecule has 3 aromatic rings. The van der Waals surface area contributed by atoms with Crippen LogP contribution in [0.1, 0.15) is 16.7 Å². The summed E-state index contributed by atoms with van der Waals surface area (Å²) in [5.41, 5.74) is 2.49. The van der Waals surface area contributed by atoms with Gasteiger partial charge in [0.15, 0.2) is 11.5 Å². The first-order valence-electron chi connectivity index (χ1n) is 10.5. The summed E-state index contributed by atoms with van der Waals surface area (Å²) in [5, 5.41) is 0.0382. The largest absolute Gasteiger partial charge is 0.493 e. The van der Waals surface area contributed by atoms with Crippen LogP contribution < -0.4 is 8.92 Å². The zero-order valence-electron chi connectivity index (χ0n) is 19.0. The number of rotatable bonds is 7. The Morgan fingerprint density at radius 3 is 2.36 bits per heavy atom. The van der Waals surface area contributed by atoms with Crippen LogP contribution in [-0.4, -0.2) is 31.6 Å². The highest BCUT2D eigenvalue weighted by molar-refractivity contribution is 14.1. The molecule has 2 amide bonds. The van der Waals surface area contributed by atoms with E-state index in [1.54, 1.807) is 18.2 Å².